The van der Waals surface area contributed by atoms with Crippen LogP contribution in [0.2, 0.25) is 0 Å². The maximum absolute atomic E-state index is 14.7. The number of rotatable bonds is 1. The smallest absolute Gasteiger partial charge is 0.339 e. The largest absolute Gasteiger partial charge is 0.463 e. The van der Waals surface area contributed by atoms with Crippen LogP contribution in [0.1, 0.15) is 54.6 Å². The minimum atomic E-state index is -1.80. The van der Waals surface area contributed by atoms with Gasteiger partial charge in [-0.25, -0.2) is 14.2 Å². The molecule has 32 heavy (non-hydrogen) atoms. The molecule has 1 fully saturated rings. The van der Waals surface area contributed by atoms with E-state index in [0.717, 1.165) is 41.3 Å². The molecule has 0 saturated carbocycles. The number of carbonyl (C=O) groups is 2. The molecule has 1 aromatic carbocycles. The Bertz CT molecular complexity index is 1280. The van der Waals surface area contributed by atoms with E-state index in [1.54, 1.807) is 18.7 Å². The Kier molecular flexibility index (Phi) is 3.82. The van der Waals surface area contributed by atoms with Gasteiger partial charge in [-0.05, 0) is 55.4 Å². The molecular weight excluding hydrogens is 411 g/mol. The fourth-order valence-corrected chi connectivity index (χ4v) is 6.32. The predicted octanol–water partition coefficient (Wildman–Crippen LogP) is 3.19. The number of aromatic nitrogens is 1. The van der Waals surface area contributed by atoms with Crippen molar-refractivity contribution in [3.63, 3.8) is 0 Å². The van der Waals surface area contributed by atoms with Gasteiger partial charge >= 0.3 is 5.97 Å². The first-order valence-electron chi connectivity index (χ1n) is 11.3. The molecule has 1 saturated heterocycles. The van der Waals surface area contributed by atoms with Gasteiger partial charge in [0.25, 0.3) is 0 Å². The molecule has 1 N–H and O–H groups in total. The van der Waals surface area contributed by atoms with Crippen molar-refractivity contribution < 1.29 is 23.8 Å². The van der Waals surface area contributed by atoms with Crippen molar-refractivity contribution in [2.24, 2.45) is 11.3 Å². The number of carbonyl (C=O) groups excluding carboxylic acids is 2. The molecule has 1 amide bonds. The Hall–Kier alpha value is -2.80. The molecule has 3 atom stereocenters. The normalized spacial score (nSPS) is 30.6. The number of pyridine rings is 1. The first-order valence-corrected chi connectivity index (χ1v) is 11.3. The number of aliphatic hydroxyl groups is 1. The van der Waals surface area contributed by atoms with Crippen molar-refractivity contribution in [1.29, 1.82) is 0 Å². The van der Waals surface area contributed by atoms with Crippen LogP contribution in [0.4, 0.5) is 4.39 Å². The summed E-state index contributed by atoms with van der Waals surface area (Å²) >= 11 is 0. The van der Waals surface area contributed by atoms with Crippen LogP contribution in [0, 0.1) is 24.1 Å². The number of hydrogen-bond acceptors (Lipinski definition) is 5. The van der Waals surface area contributed by atoms with Crippen molar-refractivity contribution in [3.8, 4) is 0 Å². The van der Waals surface area contributed by atoms with E-state index in [-0.39, 0.29) is 24.8 Å². The van der Waals surface area contributed by atoms with E-state index in [1.807, 2.05) is 13.0 Å². The highest BCUT2D eigenvalue weighted by Crippen LogP contribution is 2.54. The van der Waals surface area contributed by atoms with Crippen LogP contribution in [-0.4, -0.2) is 39.1 Å². The van der Waals surface area contributed by atoms with Gasteiger partial charge in [0.1, 0.15) is 12.4 Å². The number of ether oxygens (including phenoxy) is 1. The number of amides is 1. The highest BCUT2D eigenvalue weighted by molar-refractivity contribution is 5.99. The van der Waals surface area contributed by atoms with Gasteiger partial charge in [0.05, 0.1) is 29.4 Å². The van der Waals surface area contributed by atoms with Gasteiger partial charge in [0.2, 0.25) is 5.91 Å². The average Bonchev–Trinajstić information content (AvgIpc) is 3.14. The SMILES string of the molecule is CC[C@@]1(O)C(=O)OCC2C(=O)N3Cc4c(nc5cc(F)c(C)c6c5c4CCC6)C3=CC21C. The van der Waals surface area contributed by atoms with Gasteiger partial charge in [-0.3, -0.25) is 4.79 Å². The second-order valence-corrected chi connectivity index (χ2v) is 9.73. The molecule has 1 aromatic heterocycles. The zero-order valence-electron chi connectivity index (χ0n) is 18.4. The van der Waals surface area contributed by atoms with Crippen molar-refractivity contribution in [3.05, 3.63) is 45.9 Å². The second-order valence-electron chi connectivity index (χ2n) is 9.73. The Morgan fingerprint density at radius 3 is 2.78 bits per heavy atom. The lowest BCUT2D eigenvalue weighted by Gasteiger charge is -2.51. The lowest BCUT2D eigenvalue weighted by atomic mass is 9.60. The third-order valence-electron chi connectivity index (χ3n) is 8.37. The van der Waals surface area contributed by atoms with E-state index >= 15 is 0 Å². The molecule has 3 aliphatic heterocycles. The predicted molar refractivity (Wildman–Crippen MR) is 115 cm³/mol. The number of cyclic esters (lactones) is 1. The van der Waals surface area contributed by atoms with Crippen LogP contribution in [0.25, 0.3) is 16.6 Å². The number of nitrogens with zero attached hydrogens (tertiary/aromatic N) is 2. The third-order valence-corrected chi connectivity index (χ3v) is 8.37. The summed E-state index contributed by atoms with van der Waals surface area (Å²) in [7, 11) is 0. The highest BCUT2D eigenvalue weighted by Gasteiger charge is 2.64. The number of fused-ring (bicyclic) bond motifs is 5. The molecule has 7 heteroatoms. The van der Waals surface area contributed by atoms with E-state index in [2.05, 4.69) is 0 Å². The number of esters is 1. The van der Waals surface area contributed by atoms with Gasteiger partial charge in [-0.2, -0.15) is 0 Å². The quantitative estimate of drug-likeness (QED) is 0.695. The van der Waals surface area contributed by atoms with E-state index in [4.69, 9.17) is 9.72 Å². The summed E-state index contributed by atoms with van der Waals surface area (Å²) in [5, 5.41) is 12.3. The minimum Gasteiger partial charge on any atom is -0.463 e. The van der Waals surface area contributed by atoms with Crippen molar-refractivity contribution in [1.82, 2.24) is 9.88 Å². The van der Waals surface area contributed by atoms with E-state index < -0.39 is 22.9 Å². The van der Waals surface area contributed by atoms with Gasteiger partial charge in [0, 0.05) is 22.4 Å². The Morgan fingerprint density at radius 2 is 2.03 bits per heavy atom. The van der Waals surface area contributed by atoms with Crippen LogP contribution >= 0.6 is 0 Å². The van der Waals surface area contributed by atoms with Crippen molar-refractivity contribution in [2.45, 2.75) is 58.6 Å². The molecular formula is C25H25FN2O4. The van der Waals surface area contributed by atoms with E-state index in [9.17, 15) is 19.1 Å². The molecule has 2 aromatic rings. The van der Waals surface area contributed by atoms with Crippen LogP contribution < -0.4 is 0 Å². The molecule has 0 radical (unpaired) electrons. The fraction of sp³-hybridized carbons (Fsp3) is 0.480. The van der Waals surface area contributed by atoms with Gasteiger partial charge in [-0.15, -0.1) is 0 Å². The number of benzene rings is 1. The van der Waals surface area contributed by atoms with Crippen LogP contribution in [0.15, 0.2) is 12.1 Å². The second kappa shape index (κ2) is 6.16. The number of halogens is 1. The lowest BCUT2D eigenvalue weighted by molar-refractivity contribution is -0.205. The summed E-state index contributed by atoms with van der Waals surface area (Å²) in [4.78, 5) is 32.7. The molecule has 166 valence electrons. The van der Waals surface area contributed by atoms with Crippen LogP contribution in [-0.2, 0) is 33.7 Å². The number of hydrogen-bond donors (Lipinski definition) is 1. The minimum absolute atomic E-state index is 0.0517. The highest BCUT2D eigenvalue weighted by atomic mass is 19.1. The van der Waals surface area contributed by atoms with E-state index in [0.29, 0.717) is 29.0 Å². The van der Waals surface area contributed by atoms with Gasteiger partial charge in [-0.1, -0.05) is 13.8 Å². The Balaban J connectivity index is 1.63. The zero-order valence-corrected chi connectivity index (χ0v) is 18.4. The standard InChI is InChI=1S/C25H25FN2O4/c1-4-25(31)23(30)32-11-16-22(29)28-10-15-14-7-5-6-13-12(2)17(26)8-18(20(13)14)27-21(15)19(28)9-24(16,25)3/h8-9,16,31H,4-7,10-11H2,1-3H3/t16?,24?,25-/m1/s1. The molecule has 1 aliphatic carbocycles. The van der Waals surface area contributed by atoms with E-state index in [1.165, 1.54) is 6.07 Å². The molecule has 0 bridgehead atoms. The van der Waals surface area contributed by atoms with Gasteiger partial charge in [0.15, 0.2) is 5.60 Å². The third kappa shape index (κ3) is 2.15. The first kappa shape index (κ1) is 19.9. The maximum atomic E-state index is 14.7. The summed E-state index contributed by atoms with van der Waals surface area (Å²) in [6.45, 7) is 5.64. The first-order chi connectivity index (χ1) is 15.2. The average molecular weight is 436 g/mol. The molecule has 2 unspecified atom stereocenters. The number of aryl methyl sites for hydroxylation is 2. The van der Waals surface area contributed by atoms with Crippen molar-refractivity contribution in [2.75, 3.05) is 6.61 Å². The lowest BCUT2D eigenvalue weighted by Crippen LogP contribution is -2.65. The van der Waals surface area contributed by atoms with Crippen molar-refractivity contribution >= 4 is 28.5 Å². The van der Waals surface area contributed by atoms with Crippen LogP contribution in [0.3, 0.4) is 0 Å². The summed E-state index contributed by atoms with van der Waals surface area (Å²) in [6.07, 6.45) is 4.58. The zero-order chi connectivity index (χ0) is 22.6. The molecule has 6 rings (SSSR count). The Labute approximate surface area is 185 Å². The maximum Gasteiger partial charge on any atom is 0.339 e. The fourth-order valence-electron chi connectivity index (χ4n) is 6.32. The molecule has 0 spiro atoms. The molecule has 6 nitrogen and oxygen atoms in total. The molecule has 4 aliphatic rings. The van der Waals surface area contributed by atoms with Gasteiger partial charge < -0.3 is 14.7 Å². The Morgan fingerprint density at radius 1 is 1.28 bits per heavy atom. The monoisotopic (exact) mass is 436 g/mol. The summed E-state index contributed by atoms with van der Waals surface area (Å²) < 4.78 is 19.9. The van der Waals surface area contributed by atoms with Crippen LogP contribution in [0.5, 0.6) is 0 Å². The summed E-state index contributed by atoms with van der Waals surface area (Å²) in [5.41, 5.74) is 2.80. The topological polar surface area (TPSA) is 79.7 Å². The summed E-state index contributed by atoms with van der Waals surface area (Å²) in [6, 6.07) is 1.49. The summed E-state index contributed by atoms with van der Waals surface area (Å²) in [5.74, 6) is -1.79. The molecule has 4 heterocycles.